The summed E-state index contributed by atoms with van der Waals surface area (Å²) >= 11 is 0. The van der Waals surface area contributed by atoms with Crippen molar-refractivity contribution in [2.75, 3.05) is 0 Å². The first-order valence-electron chi connectivity index (χ1n) is 17.0. The predicted molar refractivity (Wildman–Crippen MR) is 197 cm³/mol. The number of nitrogens with zero attached hydrogens (tertiary/aromatic N) is 2. The van der Waals surface area contributed by atoms with Gasteiger partial charge in [0.1, 0.15) is 0 Å². The Balaban J connectivity index is 1.47. The molecule has 236 valence electrons. The molecule has 0 radical (unpaired) electrons. The molecule has 0 saturated carbocycles. The molecule has 0 fully saturated rings. The van der Waals surface area contributed by atoms with Crippen LogP contribution in [-0.4, -0.2) is 0 Å². The van der Waals surface area contributed by atoms with Crippen LogP contribution in [0.3, 0.4) is 0 Å². The standard InChI is InChI=1S/C45H48N2/c1-29-18-20-32(43(3,4)5)26-36(29)41-27-33(44(6,7)8)22-24-47(41)46-23-14-13-17-40(46)37-28-38-35-21-19-31-15-11-12-16-34(31)42(35)45(9,10)39(38)25-30(37)2/h11-28H,1-10H3/q+2. The summed E-state index contributed by atoms with van der Waals surface area (Å²) in [6, 6.07) is 36.6. The first kappa shape index (κ1) is 31.1. The van der Waals surface area contributed by atoms with Gasteiger partial charge in [0, 0.05) is 29.7 Å². The lowest BCUT2D eigenvalue weighted by Gasteiger charge is -2.23. The number of fused-ring (bicyclic) bond motifs is 5. The molecule has 2 nitrogen and oxygen atoms in total. The van der Waals surface area contributed by atoms with Crippen LogP contribution in [0.2, 0.25) is 0 Å². The van der Waals surface area contributed by atoms with Gasteiger partial charge in [0.25, 0.3) is 11.4 Å². The van der Waals surface area contributed by atoms with E-state index in [-0.39, 0.29) is 16.2 Å². The molecule has 0 amide bonds. The summed E-state index contributed by atoms with van der Waals surface area (Å²) in [6.45, 7) is 23.1. The second kappa shape index (κ2) is 10.7. The van der Waals surface area contributed by atoms with E-state index in [1.807, 2.05) is 0 Å². The molecule has 0 N–H and O–H groups in total. The molecule has 1 aliphatic rings. The normalized spacial score (nSPS) is 13.9. The number of hydrogen-bond donors (Lipinski definition) is 0. The van der Waals surface area contributed by atoms with Crippen molar-refractivity contribution in [2.24, 2.45) is 0 Å². The van der Waals surface area contributed by atoms with Gasteiger partial charge in [-0.25, -0.2) is 0 Å². The smallest absolute Gasteiger partial charge is 0.0616 e. The largest absolute Gasteiger partial charge is 0.284 e. The highest BCUT2D eigenvalue weighted by Crippen LogP contribution is 2.52. The molecule has 4 aromatic carbocycles. The number of aryl methyl sites for hydroxylation is 2. The Morgan fingerprint density at radius 1 is 0.511 bits per heavy atom. The van der Waals surface area contributed by atoms with Crippen LogP contribution in [0.5, 0.6) is 0 Å². The molecule has 2 heterocycles. The zero-order valence-corrected chi connectivity index (χ0v) is 29.8. The highest BCUT2D eigenvalue weighted by Gasteiger charge is 2.39. The predicted octanol–water partition coefficient (Wildman–Crippen LogP) is 10.6. The zero-order chi connectivity index (χ0) is 33.5. The van der Waals surface area contributed by atoms with Gasteiger partial charge in [-0.1, -0.05) is 110 Å². The Morgan fingerprint density at radius 2 is 1.17 bits per heavy atom. The van der Waals surface area contributed by atoms with Crippen molar-refractivity contribution in [2.45, 2.75) is 85.5 Å². The fourth-order valence-corrected chi connectivity index (χ4v) is 7.58. The maximum Gasteiger partial charge on any atom is 0.284 e. The molecule has 1 aliphatic carbocycles. The molecule has 0 bridgehead atoms. The third kappa shape index (κ3) is 5.10. The molecule has 0 spiro atoms. The van der Waals surface area contributed by atoms with E-state index in [1.165, 1.54) is 77.8 Å². The minimum Gasteiger partial charge on any atom is -0.0616 e. The van der Waals surface area contributed by atoms with Crippen molar-refractivity contribution in [3.05, 3.63) is 143 Å². The van der Waals surface area contributed by atoms with Crippen LogP contribution in [-0.2, 0) is 16.2 Å². The number of rotatable bonds is 3. The summed E-state index contributed by atoms with van der Waals surface area (Å²) in [5, 5.41) is 2.66. The van der Waals surface area contributed by atoms with Gasteiger partial charge in [-0.15, -0.1) is 0 Å². The number of benzene rings is 4. The Kier molecular flexibility index (Phi) is 7.10. The lowest BCUT2D eigenvalue weighted by Crippen LogP contribution is -2.68. The Morgan fingerprint density at radius 3 is 1.91 bits per heavy atom. The summed E-state index contributed by atoms with van der Waals surface area (Å²) < 4.78 is 4.68. The first-order chi connectivity index (χ1) is 22.2. The van der Waals surface area contributed by atoms with Crippen molar-refractivity contribution in [3.8, 4) is 33.6 Å². The molecule has 0 saturated heterocycles. The molecule has 0 aliphatic heterocycles. The van der Waals surface area contributed by atoms with Gasteiger partial charge in [-0.05, 0) is 98.2 Å². The van der Waals surface area contributed by atoms with E-state index in [2.05, 4.69) is 188 Å². The van der Waals surface area contributed by atoms with Gasteiger partial charge in [-0.3, -0.25) is 0 Å². The van der Waals surface area contributed by atoms with E-state index < -0.39 is 0 Å². The van der Waals surface area contributed by atoms with Crippen LogP contribution in [0, 0.1) is 13.8 Å². The minimum absolute atomic E-state index is 0.0223. The number of pyridine rings is 2. The molecule has 2 aromatic heterocycles. The van der Waals surface area contributed by atoms with Gasteiger partial charge < -0.3 is 0 Å². The van der Waals surface area contributed by atoms with E-state index in [9.17, 15) is 0 Å². The lowest BCUT2D eigenvalue weighted by molar-refractivity contribution is -1.29. The molecule has 6 aromatic rings. The lowest BCUT2D eigenvalue weighted by atomic mass is 9.79. The SMILES string of the molecule is Cc1ccc(C(C)(C)C)cc1-c1cc(C(C)(C)C)cc[n+]1-[n+]1ccccc1-c1cc2c(cc1C)C(C)(C)c1c-2ccc2ccccc12. The van der Waals surface area contributed by atoms with Crippen LogP contribution >= 0.6 is 0 Å². The third-order valence-electron chi connectivity index (χ3n) is 10.4. The molecular weight excluding hydrogens is 569 g/mol. The van der Waals surface area contributed by atoms with Gasteiger partial charge >= 0.3 is 0 Å². The van der Waals surface area contributed by atoms with Gasteiger partial charge in [0.2, 0.25) is 12.4 Å². The van der Waals surface area contributed by atoms with Crippen LogP contribution < -0.4 is 9.35 Å². The summed E-state index contributed by atoms with van der Waals surface area (Å²) in [6.07, 6.45) is 4.46. The fraction of sp³-hybridized carbons (Fsp3) is 0.289. The monoisotopic (exact) mass is 616 g/mol. The van der Waals surface area contributed by atoms with Crippen molar-refractivity contribution >= 4 is 10.8 Å². The van der Waals surface area contributed by atoms with Gasteiger partial charge in [0.15, 0.2) is 0 Å². The second-order valence-electron chi connectivity index (χ2n) is 16.2. The first-order valence-corrected chi connectivity index (χ1v) is 17.0. The Hall–Kier alpha value is -4.56. The Bertz CT molecular complexity index is 2200. The highest BCUT2D eigenvalue weighted by atomic mass is 15.4. The van der Waals surface area contributed by atoms with E-state index in [1.54, 1.807) is 0 Å². The average molecular weight is 617 g/mol. The van der Waals surface area contributed by atoms with Crippen molar-refractivity contribution in [1.82, 2.24) is 0 Å². The van der Waals surface area contributed by atoms with E-state index in [0.29, 0.717) is 0 Å². The second-order valence-corrected chi connectivity index (χ2v) is 16.2. The van der Waals surface area contributed by atoms with E-state index in [0.717, 1.165) is 0 Å². The fourth-order valence-electron chi connectivity index (χ4n) is 7.58. The molecule has 0 atom stereocenters. The van der Waals surface area contributed by atoms with Crippen molar-refractivity contribution in [3.63, 3.8) is 0 Å². The molecule has 0 unspecified atom stereocenters. The third-order valence-corrected chi connectivity index (χ3v) is 10.4. The topological polar surface area (TPSA) is 7.76 Å². The summed E-state index contributed by atoms with van der Waals surface area (Å²) in [5.41, 5.74) is 15.6. The van der Waals surface area contributed by atoms with Crippen molar-refractivity contribution in [1.29, 1.82) is 0 Å². The number of hydrogen-bond acceptors (Lipinski definition) is 0. The van der Waals surface area contributed by atoms with Crippen LogP contribution in [0.15, 0.2) is 109 Å². The minimum atomic E-state index is -0.0816. The maximum absolute atomic E-state index is 2.45. The molecule has 2 heteroatoms. The van der Waals surface area contributed by atoms with E-state index >= 15 is 0 Å². The van der Waals surface area contributed by atoms with Gasteiger partial charge in [0.05, 0.1) is 20.5 Å². The zero-order valence-electron chi connectivity index (χ0n) is 29.8. The van der Waals surface area contributed by atoms with Crippen LogP contribution in [0.1, 0.15) is 88.8 Å². The highest BCUT2D eigenvalue weighted by molar-refractivity contribution is 5.98. The molecule has 7 rings (SSSR count). The van der Waals surface area contributed by atoms with Crippen LogP contribution in [0.25, 0.3) is 44.4 Å². The Labute approximate surface area is 281 Å². The van der Waals surface area contributed by atoms with E-state index in [4.69, 9.17) is 0 Å². The quantitative estimate of drug-likeness (QED) is 0.175. The summed E-state index contributed by atoms with van der Waals surface area (Å²) in [7, 11) is 0. The summed E-state index contributed by atoms with van der Waals surface area (Å²) in [5.74, 6) is 0. The van der Waals surface area contributed by atoms with Crippen molar-refractivity contribution < 1.29 is 9.35 Å². The molecule has 47 heavy (non-hydrogen) atoms. The van der Waals surface area contributed by atoms with Crippen LogP contribution in [0.4, 0.5) is 0 Å². The maximum atomic E-state index is 2.45. The van der Waals surface area contributed by atoms with Gasteiger partial charge in [-0.2, -0.15) is 0 Å². The number of aromatic nitrogens is 2. The average Bonchev–Trinajstić information content (AvgIpc) is 3.25. The summed E-state index contributed by atoms with van der Waals surface area (Å²) in [4.78, 5) is 0. The molecular formula is C45H48N2+2.